The Bertz CT molecular complexity index is 221. The van der Waals surface area contributed by atoms with Crippen molar-refractivity contribution in [1.82, 2.24) is 4.90 Å². The number of nitrogens with two attached hydrogens (primary N) is 1. The molecular formula is C15H30N2. The van der Waals surface area contributed by atoms with Crippen LogP contribution in [0.1, 0.15) is 58.3 Å². The molecule has 2 nitrogen and oxygen atoms in total. The Hall–Kier alpha value is -0.0800. The summed E-state index contributed by atoms with van der Waals surface area (Å²) in [4.78, 5) is 2.66. The van der Waals surface area contributed by atoms with Gasteiger partial charge in [-0.2, -0.15) is 0 Å². The van der Waals surface area contributed by atoms with E-state index in [1.807, 2.05) is 0 Å². The fourth-order valence-corrected chi connectivity index (χ4v) is 3.86. The summed E-state index contributed by atoms with van der Waals surface area (Å²) in [6.07, 6.45) is 10.9. The fourth-order valence-electron chi connectivity index (χ4n) is 3.86. The largest absolute Gasteiger partial charge is 0.328 e. The zero-order chi connectivity index (χ0) is 12.3. The normalized spacial score (nSPS) is 39.5. The van der Waals surface area contributed by atoms with Gasteiger partial charge < -0.3 is 10.6 Å². The summed E-state index contributed by atoms with van der Waals surface area (Å²) in [6.45, 7) is 3.75. The second-order valence-corrected chi connectivity index (χ2v) is 6.55. The van der Waals surface area contributed by atoms with E-state index in [9.17, 15) is 0 Å². The highest BCUT2D eigenvalue weighted by atomic mass is 15.1. The standard InChI is InChI=1S/C15H30N2/c1-12-5-3-4-6-15(12)17(2)11-13-7-9-14(16)10-8-13/h12-15H,3-11,16H2,1-2H3. The molecule has 2 fully saturated rings. The van der Waals surface area contributed by atoms with Crippen molar-refractivity contribution in [1.29, 1.82) is 0 Å². The molecule has 0 aromatic rings. The van der Waals surface area contributed by atoms with Crippen molar-refractivity contribution >= 4 is 0 Å². The third kappa shape index (κ3) is 3.69. The van der Waals surface area contributed by atoms with Gasteiger partial charge in [0.15, 0.2) is 0 Å². The van der Waals surface area contributed by atoms with Crippen molar-refractivity contribution in [3.8, 4) is 0 Å². The lowest BCUT2D eigenvalue weighted by atomic mass is 9.83. The lowest BCUT2D eigenvalue weighted by Gasteiger charge is -2.39. The molecule has 2 aliphatic carbocycles. The summed E-state index contributed by atoms with van der Waals surface area (Å²) in [5, 5.41) is 0. The Morgan fingerprint density at radius 2 is 1.65 bits per heavy atom. The molecule has 0 radical (unpaired) electrons. The highest BCUT2D eigenvalue weighted by Gasteiger charge is 2.27. The van der Waals surface area contributed by atoms with Gasteiger partial charge in [0.2, 0.25) is 0 Å². The molecule has 100 valence electrons. The lowest BCUT2D eigenvalue weighted by molar-refractivity contribution is 0.110. The zero-order valence-corrected chi connectivity index (χ0v) is 11.7. The van der Waals surface area contributed by atoms with Crippen molar-refractivity contribution in [3.63, 3.8) is 0 Å². The van der Waals surface area contributed by atoms with E-state index < -0.39 is 0 Å². The molecule has 2 unspecified atom stereocenters. The number of hydrogen-bond acceptors (Lipinski definition) is 2. The van der Waals surface area contributed by atoms with Crippen LogP contribution in [0.3, 0.4) is 0 Å². The molecule has 2 aliphatic rings. The predicted molar refractivity (Wildman–Crippen MR) is 74.0 cm³/mol. The third-order valence-corrected chi connectivity index (χ3v) is 5.07. The van der Waals surface area contributed by atoms with E-state index in [-0.39, 0.29) is 0 Å². The first kappa shape index (κ1) is 13.4. The van der Waals surface area contributed by atoms with Crippen LogP contribution < -0.4 is 5.73 Å². The van der Waals surface area contributed by atoms with Gasteiger partial charge in [0, 0.05) is 18.6 Å². The number of hydrogen-bond donors (Lipinski definition) is 1. The minimum absolute atomic E-state index is 0.491. The minimum Gasteiger partial charge on any atom is -0.328 e. The van der Waals surface area contributed by atoms with Gasteiger partial charge >= 0.3 is 0 Å². The molecule has 17 heavy (non-hydrogen) atoms. The molecule has 2 heteroatoms. The van der Waals surface area contributed by atoms with Crippen LogP contribution in [0.4, 0.5) is 0 Å². The minimum atomic E-state index is 0.491. The average Bonchev–Trinajstić information content (AvgIpc) is 2.32. The second kappa shape index (κ2) is 6.19. The molecule has 0 saturated heterocycles. The van der Waals surface area contributed by atoms with E-state index in [0.717, 1.165) is 17.9 Å². The SMILES string of the molecule is CC1CCCCC1N(C)CC1CCC(N)CC1. The Morgan fingerprint density at radius 3 is 2.29 bits per heavy atom. The molecule has 0 bridgehead atoms. The van der Waals surface area contributed by atoms with E-state index in [0.29, 0.717) is 6.04 Å². The van der Waals surface area contributed by atoms with Crippen molar-refractivity contribution < 1.29 is 0 Å². The van der Waals surface area contributed by atoms with Crippen LogP contribution in [0.15, 0.2) is 0 Å². The maximum absolute atomic E-state index is 5.98. The van der Waals surface area contributed by atoms with Gasteiger partial charge in [0.1, 0.15) is 0 Å². The maximum Gasteiger partial charge on any atom is 0.0118 e. The Labute approximate surface area is 107 Å². The number of rotatable bonds is 3. The summed E-state index contributed by atoms with van der Waals surface area (Å²) in [5.41, 5.74) is 5.98. The lowest BCUT2D eigenvalue weighted by Crippen LogP contribution is -2.42. The summed E-state index contributed by atoms with van der Waals surface area (Å²) in [6, 6.07) is 1.34. The second-order valence-electron chi connectivity index (χ2n) is 6.55. The smallest absolute Gasteiger partial charge is 0.0118 e. The zero-order valence-electron chi connectivity index (χ0n) is 11.7. The van der Waals surface area contributed by atoms with Gasteiger partial charge in [-0.25, -0.2) is 0 Å². The number of nitrogens with zero attached hydrogens (tertiary/aromatic N) is 1. The Kier molecular flexibility index (Phi) is 4.87. The van der Waals surface area contributed by atoms with Crippen molar-refractivity contribution in [3.05, 3.63) is 0 Å². The first-order chi connectivity index (χ1) is 8.16. The molecule has 0 spiro atoms. The molecule has 2 N–H and O–H groups in total. The quantitative estimate of drug-likeness (QED) is 0.819. The molecule has 0 amide bonds. The first-order valence-electron chi connectivity index (χ1n) is 7.62. The van der Waals surface area contributed by atoms with Crippen LogP contribution in [0.2, 0.25) is 0 Å². The van der Waals surface area contributed by atoms with Crippen LogP contribution in [-0.4, -0.2) is 30.6 Å². The van der Waals surface area contributed by atoms with E-state index in [4.69, 9.17) is 5.73 Å². The Balaban J connectivity index is 1.77. The molecule has 0 aliphatic heterocycles. The molecule has 2 atom stereocenters. The molecule has 2 rings (SSSR count). The predicted octanol–water partition coefficient (Wildman–Crippen LogP) is 3.01. The van der Waals surface area contributed by atoms with Crippen LogP contribution in [-0.2, 0) is 0 Å². The average molecular weight is 238 g/mol. The van der Waals surface area contributed by atoms with E-state index >= 15 is 0 Å². The highest BCUT2D eigenvalue weighted by Crippen LogP contribution is 2.30. The van der Waals surface area contributed by atoms with Gasteiger partial charge in [0.25, 0.3) is 0 Å². The van der Waals surface area contributed by atoms with Gasteiger partial charge in [-0.3, -0.25) is 0 Å². The van der Waals surface area contributed by atoms with Crippen molar-refractivity contribution in [2.75, 3.05) is 13.6 Å². The van der Waals surface area contributed by atoms with Crippen LogP contribution >= 0.6 is 0 Å². The Morgan fingerprint density at radius 1 is 1.00 bits per heavy atom. The topological polar surface area (TPSA) is 29.3 Å². The third-order valence-electron chi connectivity index (χ3n) is 5.07. The molecule has 0 heterocycles. The summed E-state index contributed by atoms with van der Waals surface area (Å²) < 4.78 is 0. The van der Waals surface area contributed by atoms with E-state index in [2.05, 4.69) is 18.9 Å². The van der Waals surface area contributed by atoms with Crippen LogP contribution in [0.5, 0.6) is 0 Å². The fraction of sp³-hybridized carbons (Fsp3) is 1.00. The van der Waals surface area contributed by atoms with Crippen molar-refractivity contribution in [2.45, 2.75) is 70.4 Å². The van der Waals surface area contributed by atoms with Crippen LogP contribution in [0.25, 0.3) is 0 Å². The van der Waals surface area contributed by atoms with Gasteiger partial charge in [-0.15, -0.1) is 0 Å². The first-order valence-corrected chi connectivity index (χ1v) is 7.62. The maximum atomic E-state index is 5.98. The van der Waals surface area contributed by atoms with Gasteiger partial charge in [-0.1, -0.05) is 19.8 Å². The molecule has 2 saturated carbocycles. The molecular weight excluding hydrogens is 208 g/mol. The highest BCUT2D eigenvalue weighted by molar-refractivity contribution is 4.82. The van der Waals surface area contributed by atoms with Crippen LogP contribution in [0, 0.1) is 11.8 Å². The summed E-state index contributed by atoms with van der Waals surface area (Å²) in [7, 11) is 2.35. The molecule has 0 aromatic heterocycles. The van der Waals surface area contributed by atoms with Gasteiger partial charge in [0.05, 0.1) is 0 Å². The van der Waals surface area contributed by atoms with Gasteiger partial charge in [-0.05, 0) is 57.4 Å². The molecule has 0 aromatic carbocycles. The van der Waals surface area contributed by atoms with Crippen molar-refractivity contribution in [2.24, 2.45) is 17.6 Å². The monoisotopic (exact) mass is 238 g/mol. The summed E-state index contributed by atoms with van der Waals surface area (Å²) >= 11 is 0. The van der Waals surface area contributed by atoms with E-state index in [1.165, 1.54) is 57.9 Å². The van der Waals surface area contributed by atoms with E-state index in [1.54, 1.807) is 0 Å². The summed E-state index contributed by atoms with van der Waals surface area (Å²) in [5.74, 6) is 1.81.